The number of amidine groups is 1. The zero-order chi connectivity index (χ0) is 11.7. The van der Waals surface area contributed by atoms with E-state index >= 15 is 0 Å². The van der Waals surface area contributed by atoms with Crippen LogP contribution in [-0.2, 0) is 17.1 Å². The number of allylic oxidation sites excluding steroid dienone is 1. The van der Waals surface area contributed by atoms with E-state index in [0.29, 0.717) is 0 Å². The monoisotopic (exact) mass is 267 g/mol. The first kappa shape index (κ1) is 13.6. The first-order chi connectivity index (χ1) is 7.61. The van der Waals surface area contributed by atoms with Crippen molar-refractivity contribution >= 4 is 23.3 Å². The molecule has 0 atom stereocenters. The number of hydrogen-bond acceptors (Lipinski definition) is 2. The van der Waals surface area contributed by atoms with E-state index in [1.165, 1.54) is 0 Å². The molecule has 0 saturated heterocycles. The fraction of sp³-hybridized carbons (Fsp3) is 0.154. The van der Waals surface area contributed by atoms with Gasteiger partial charge in [-0.2, -0.15) is 0 Å². The number of nitrogens with zero attached hydrogens (tertiary/aromatic N) is 1. The van der Waals surface area contributed by atoms with Crippen molar-refractivity contribution in [2.45, 2.75) is 13.8 Å². The minimum absolute atomic E-state index is 0. The summed E-state index contributed by atoms with van der Waals surface area (Å²) in [5.41, 5.74) is 4.28. The third-order valence-electron chi connectivity index (χ3n) is 2.70. The third kappa shape index (κ3) is 2.43. The van der Waals surface area contributed by atoms with Gasteiger partial charge >= 0.3 is 0 Å². The molecular weight excluding hydrogens is 254 g/mol. The third-order valence-corrected chi connectivity index (χ3v) is 2.70. The van der Waals surface area contributed by atoms with E-state index in [1.807, 2.05) is 32.0 Å². The Morgan fingerprint density at radius 1 is 1.06 bits per heavy atom. The number of aryl methyl sites for hydroxylation is 2. The van der Waals surface area contributed by atoms with Crippen molar-refractivity contribution in [3.05, 3.63) is 41.0 Å². The normalized spacial score (nSPS) is 14.4. The molecule has 2 rings (SSSR count). The molecule has 0 radical (unpaired) electrons. The number of aliphatic imine (C=N–C) groups is 1. The van der Waals surface area contributed by atoms with Crippen molar-refractivity contribution in [1.82, 2.24) is 0 Å². The van der Waals surface area contributed by atoms with Crippen molar-refractivity contribution in [3.63, 3.8) is 0 Å². The summed E-state index contributed by atoms with van der Waals surface area (Å²) in [6.45, 7) is 4.04. The summed E-state index contributed by atoms with van der Waals surface area (Å²) in [5, 5.41) is 15.4. The molecule has 0 unspecified atom stereocenters. The second-order valence-corrected chi connectivity index (χ2v) is 3.85. The Hall–Kier alpha value is -1.51. The molecule has 0 bridgehead atoms. The molecular formula is C13H13FeN3. The van der Waals surface area contributed by atoms with Crippen LogP contribution in [0.5, 0.6) is 0 Å². The fourth-order valence-corrected chi connectivity index (χ4v) is 1.91. The standard InChI is InChI=1S/C13H13N3.Fe/c1-8-4-3-5-9(2)11(8)10-6-7-16-13(15)12(10)14;/h3-7,14-15H,1-2H3;. The van der Waals surface area contributed by atoms with E-state index in [2.05, 4.69) is 4.99 Å². The molecule has 1 aromatic carbocycles. The summed E-state index contributed by atoms with van der Waals surface area (Å²) >= 11 is 0. The Kier molecular flexibility index (Phi) is 4.16. The molecule has 0 aromatic heterocycles. The SMILES string of the molecule is Cc1cccc(C)c1C1=CC=NC(=N)C1=N.[Fe]. The molecule has 0 spiro atoms. The van der Waals surface area contributed by atoms with Gasteiger partial charge in [0.05, 0.1) is 0 Å². The van der Waals surface area contributed by atoms with Crippen LogP contribution in [0.2, 0.25) is 0 Å². The molecule has 0 fully saturated rings. The van der Waals surface area contributed by atoms with Crippen LogP contribution in [0.1, 0.15) is 16.7 Å². The minimum Gasteiger partial charge on any atom is -0.296 e. The summed E-state index contributed by atoms with van der Waals surface area (Å²) in [5.74, 6) is 0.0279. The summed E-state index contributed by atoms with van der Waals surface area (Å²) in [6.07, 6.45) is 3.39. The van der Waals surface area contributed by atoms with E-state index in [-0.39, 0.29) is 28.6 Å². The van der Waals surface area contributed by atoms with Gasteiger partial charge in [0.25, 0.3) is 0 Å². The number of hydrogen-bond donors (Lipinski definition) is 2. The van der Waals surface area contributed by atoms with E-state index in [9.17, 15) is 0 Å². The van der Waals surface area contributed by atoms with E-state index < -0.39 is 0 Å². The van der Waals surface area contributed by atoms with Crippen molar-refractivity contribution in [2.24, 2.45) is 4.99 Å². The van der Waals surface area contributed by atoms with Gasteiger partial charge in [-0.3, -0.25) is 10.8 Å². The zero-order valence-electron chi connectivity index (χ0n) is 9.69. The molecule has 0 amide bonds. The molecule has 0 saturated carbocycles. The molecule has 4 heteroatoms. The second-order valence-electron chi connectivity index (χ2n) is 3.85. The predicted octanol–water partition coefficient (Wildman–Crippen LogP) is 2.77. The summed E-state index contributed by atoms with van der Waals surface area (Å²) in [4.78, 5) is 3.80. The second kappa shape index (κ2) is 5.21. The molecule has 0 aliphatic carbocycles. The van der Waals surface area contributed by atoms with Crippen LogP contribution in [-0.4, -0.2) is 17.8 Å². The average Bonchev–Trinajstić information content (AvgIpc) is 2.24. The first-order valence-corrected chi connectivity index (χ1v) is 5.10. The van der Waals surface area contributed by atoms with Gasteiger partial charge in [-0.25, -0.2) is 4.99 Å². The molecule has 1 aliphatic heterocycles. The largest absolute Gasteiger partial charge is 0.296 e. The minimum atomic E-state index is 0. The van der Waals surface area contributed by atoms with Gasteiger partial charge in [0.1, 0.15) is 5.71 Å². The van der Waals surface area contributed by atoms with Crippen LogP contribution in [0.4, 0.5) is 0 Å². The summed E-state index contributed by atoms with van der Waals surface area (Å²) in [6, 6.07) is 6.04. The van der Waals surface area contributed by atoms with Gasteiger partial charge in [0.2, 0.25) is 0 Å². The number of benzene rings is 1. The maximum absolute atomic E-state index is 7.88. The van der Waals surface area contributed by atoms with Gasteiger partial charge < -0.3 is 0 Å². The van der Waals surface area contributed by atoms with Gasteiger partial charge in [-0.1, -0.05) is 18.2 Å². The van der Waals surface area contributed by atoms with Gasteiger partial charge in [0.15, 0.2) is 5.84 Å². The van der Waals surface area contributed by atoms with E-state index in [4.69, 9.17) is 10.8 Å². The molecule has 1 aliphatic rings. The van der Waals surface area contributed by atoms with E-state index in [1.54, 1.807) is 12.3 Å². The van der Waals surface area contributed by atoms with Crippen molar-refractivity contribution in [1.29, 1.82) is 10.8 Å². The Morgan fingerprint density at radius 3 is 2.24 bits per heavy atom. The van der Waals surface area contributed by atoms with Crippen LogP contribution < -0.4 is 0 Å². The van der Waals surface area contributed by atoms with Crippen LogP contribution in [0.3, 0.4) is 0 Å². The molecule has 1 aromatic rings. The predicted molar refractivity (Wildman–Crippen MR) is 67.8 cm³/mol. The molecule has 88 valence electrons. The fourth-order valence-electron chi connectivity index (χ4n) is 1.91. The maximum atomic E-state index is 7.88. The van der Waals surface area contributed by atoms with Crippen LogP contribution in [0.25, 0.3) is 5.57 Å². The van der Waals surface area contributed by atoms with Gasteiger partial charge in [-0.05, 0) is 36.6 Å². The Labute approximate surface area is 111 Å². The van der Waals surface area contributed by atoms with Crippen LogP contribution in [0.15, 0.2) is 29.3 Å². The molecule has 3 nitrogen and oxygen atoms in total. The quantitative estimate of drug-likeness (QED) is 0.735. The molecule has 1 heterocycles. The molecule has 17 heavy (non-hydrogen) atoms. The first-order valence-electron chi connectivity index (χ1n) is 5.10. The Bertz CT molecular complexity index is 521. The van der Waals surface area contributed by atoms with Crippen LogP contribution >= 0.6 is 0 Å². The number of dihydropyridines is 1. The zero-order valence-corrected chi connectivity index (χ0v) is 10.8. The van der Waals surface area contributed by atoms with Gasteiger partial charge in [0, 0.05) is 28.9 Å². The van der Waals surface area contributed by atoms with Gasteiger partial charge in [-0.15, -0.1) is 0 Å². The Balaban J connectivity index is 0.00000144. The van der Waals surface area contributed by atoms with Crippen molar-refractivity contribution in [2.75, 3.05) is 0 Å². The van der Waals surface area contributed by atoms with E-state index in [0.717, 1.165) is 22.3 Å². The number of rotatable bonds is 1. The average molecular weight is 267 g/mol. The molecule has 2 N–H and O–H groups in total. The van der Waals surface area contributed by atoms with Crippen LogP contribution in [0, 0.1) is 24.7 Å². The smallest absolute Gasteiger partial charge is 0.170 e. The number of nitrogens with one attached hydrogen (secondary N) is 2. The maximum Gasteiger partial charge on any atom is 0.170 e. The topological polar surface area (TPSA) is 60.1 Å². The Morgan fingerprint density at radius 2 is 1.65 bits per heavy atom. The van der Waals surface area contributed by atoms with Crippen molar-refractivity contribution < 1.29 is 17.1 Å². The van der Waals surface area contributed by atoms with Crippen molar-refractivity contribution in [3.8, 4) is 0 Å². The summed E-state index contributed by atoms with van der Waals surface area (Å²) < 4.78 is 0. The summed E-state index contributed by atoms with van der Waals surface area (Å²) in [7, 11) is 0.